The molecule has 0 radical (unpaired) electrons. The van der Waals surface area contributed by atoms with E-state index >= 15 is 0 Å². The van der Waals surface area contributed by atoms with Crippen molar-refractivity contribution in [3.8, 4) is 10.4 Å². The predicted molar refractivity (Wildman–Crippen MR) is 63.9 cm³/mol. The SMILES string of the molecule is Nc1nc(C(=O)O)c(-c2ccc(C(F)F)cc2)s1. The van der Waals surface area contributed by atoms with Crippen LogP contribution in [0.3, 0.4) is 0 Å². The maximum atomic E-state index is 12.4. The molecule has 18 heavy (non-hydrogen) atoms. The van der Waals surface area contributed by atoms with E-state index in [2.05, 4.69) is 4.98 Å². The van der Waals surface area contributed by atoms with E-state index in [1.165, 1.54) is 24.3 Å². The lowest BCUT2D eigenvalue weighted by molar-refractivity contribution is 0.0692. The summed E-state index contributed by atoms with van der Waals surface area (Å²) in [7, 11) is 0. The van der Waals surface area contributed by atoms with Crippen molar-refractivity contribution in [1.82, 2.24) is 4.98 Å². The molecule has 2 aromatic rings. The van der Waals surface area contributed by atoms with Crippen LogP contribution in [0.2, 0.25) is 0 Å². The van der Waals surface area contributed by atoms with Crippen LogP contribution in [-0.2, 0) is 0 Å². The number of carboxylic acid groups (broad SMARTS) is 1. The number of halogens is 2. The van der Waals surface area contributed by atoms with Gasteiger partial charge in [-0.1, -0.05) is 35.6 Å². The minimum Gasteiger partial charge on any atom is -0.476 e. The number of aromatic nitrogens is 1. The van der Waals surface area contributed by atoms with Crippen LogP contribution in [0, 0.1) is 0 Å². The van der Waals surface area contributed by atoms with Gasteiger partial charge in [-0.15, -0.1) is 0 Å². The quantitative estimate of drug-likeness (QED) is 0.898. The second-order valence-electron chi connectivity index (χ2n) is 3.46. The maximum Gasteiger partial charge on any atom is 0.356 e. The minimum absolute atomic E-state index is 0.117. The van der Waals surface area contributed by atoms with Gasteiger partial charge in [-0.25, -0.2) is 18.6 Å². The second kappa shape index (κ2) is 4.69. The van der Waals surface area contributed by atoms with E-state index in [-0.39, 0.29) is 16.4 Å². The molecular formula is C11H8F2N2O2S. The highest BCUT2D eigenvalue weighted by Gasteiger charge is 2.18. The molecule has 0 unspecified atom stereocenters. The highest BCUT2D eigenvalue weighted by atomic mass is 32.1. The molecule has 7 heteroatoms. The van der Waals surface area contributed by atoms with Gasteiger partial charge in [0.2, 0.25) is 0 Å². The molecule has 0 amide bonds. The van der Waals surface area contributed by atoms with E-state index in [4.69, 9.17) is 10.8 Å². The minimum atomic E-state index is -2.55. The van der Waals surface area contributed by atoms with Crippen LogP contribution in [0.1, 0.15) is 22.5 Å². The summed E-state index contributed by atoms with van der Waals surface area (Å²) < 4.78 is 24.8. The number of anilines is 1. The number of aromatic carboxylic acids is 1. The van der Waals surface area contributed by atoms with Crippen LogP contribution < -0.4 is 5.73 Å². The first kappa shape index (κ1) is 12.4. The Morgan fingerprint density at radius 1 is 1.33 bits per heavy atom. The zero-order chi connectivity index (χ0) is 13.3. The number of hydrogen-bond donors (Lipinski definition) is 2. The molecule has 1 aromatic carbocycles. The highest BCUT2D eigenvalue weighted by Crippen LogP contribution is 2.32. The van der Waals surface area contributed by atoms with Gasteiger partial charge in [0.25, 0.3) is 6.43 Å². The van der Waals surface area contributed by atoms with Crippen molar-refractivity contribution in [2.24, 2.45) is 0 Å². The van der Waals surface area contributed by atoms with E-state index in [0.29, 0.717) is 10.4 Å². The molecule has 0 aliphatic carbocycles. The van der Waals surface area contributed by atoms with Crippen molar-refractivity contribution in [1.29, 1.82) is 0 Å². The number of carbonyl (C=O) groups is 1. The number of nitrogens with two attached hydrogens (primary N) is 1. The molecule has 0 fully saturated rings. The number of nitrogen functional groups attached to an aromatic ring is 1. The fourth-order valence-corrected chi connectivity index (χ4v) is 2.29. The van der Waals surface area contributed by atoms with Crippen LogP contribution in [0.5, 0.6) is 0 Å². The van der Waals surface area contributed by atoms with Gasteiger partial charge in [0, 0.05) is 5.56 Å². The first-order valence-electron chi connectivity index (χ1n) is 4.87. The summed E-state index contributed by atoms with van der Waals surface area (Å²) in [4.78, 5) is 15.0. The number of alkyl halides is 2. The summed E-state index contributed by atoms with van der Waals surface area (Å²) in [6.45, 7) is 0. The Bertz CT molecular complexity index is 581. The van der Waals surface area contributed by atoms with Crippen molar-refractivity contribution in [3.05, 3.63) is 35.5 Å². The Hall–Kier alpha value is -2.02. The van der Waals surface area contributed by atoms with Crippen molar-refractivity contribution < 1.29 is 18.7 Å². The fraction of sp³-hybridized carbons (Fsp3) is 0.0909. The molecule has 2 rings (SSSR count). The zero-order valence-electron chi connectivity index (χ0n) is 8.93. The topological polar surface area (TPSA) is 76.2 Å². The summed E-state index contributed by atoms with van der Waals surface area (Å²) in [6, 6.07) is 5.37. The van der Waals surface area contributed by atoms with Gasteiger partial charge in [-0.2, -0.15) is 0 Å². The Balaban J connectivity index is 2.45. The maximum absolute atomic E-state index is 12.4. The lowest BCUT2D eigenvalue weighted by Crippen LogP contribution is -1.99. The smallest absolute Gasteiger partial charge is 0.356 e. The third-order valence-corrected chi connectivity index (χ3v) is 3.20. The number of carboxylic acids is 1. The van der Waals surface area contributed by atoms with Crippen molar-refractivity contribution in [2.75, 3.05) is 5.73 Å². The summed E-state index contributed by atoms with van der Waals surface area (Å²) in [5.74, 6) is -1.20. The van der Waals surface area contributed by atoms with Crippen LogP contribution in [0.15, 0.2) is 24.3 Å². The molecule has 94 valence electrons. The van der Waals surface area contributed by atoms with Gasteiger partial charge in [-0.3, -0.25) is 0 Å². The summed E-state index contributed by atoms with van der Waals surface area (Å²) >= 11 is 1.01. The highest BCUT2D eigenvalue weighted by molar-refractivity contribution is 7.19. The molecule has 0 atom stereocenters. The molecule has 0 aliphatic heterocycles. The monoisotopic (exact) mass is 270 g/mol. The van der Waals surface area contributed by atoms with E-state index in [9.17, 15) is 13.6 Å². The third-order valence-electron chi connectivity index (χ3n) is 2.27. The van der Waals surface area contributed by atoms with Crippen molar-refractivity contribution in [2.45, 2.75) is 6.43 Å². The number of benzene rings is 1. The third kappa shape index (κ3) is 2.30. The molecule has 1 aromatic heterocycles. The molecular weight excluding hydrogens is 262 g/mol. The standard InChI is InChI=1S/C11H8F2N2O2S/c12-9(13)6-3-1-5(2-4-6)8-7(10(16)17)15-11(14)18-8/h1-4,9H,(H2,14,15)(H,16,17). The molecule has 4 nitrogen and oxygen atoms in total. The van der Waals surface area contributed by atoms with Gasteiger partial charge >= 0.3 is 5.97 Å². The van der Waals surface area contributed by atoms with E-state index in [1.54, 1.807) is 0 Å². The molecule has 0 bridgehead atoms. The van der Waals surface area contributed by atoms with Crippen LogP contribution in [0.25, 0.3) is 10.4 Å². The van der Waals surface area contributed by atoms with Crippen LogP contribution in [0.4, 0.5) is 13.9 Å². The average Bonchev–Trinajstić information content (AvgIpc) is 2.71. The Kier molecular flexibility index (Phi) is 3.24. The van der Waals surface area contributed by atoms with Gasteiger partial charge in [0.05, 0.1) is 4.88 Å². The van der Waals surface area contributed by atoms with Gasteiger partial charge in [-0.05, 0) is 5.56 Å². The van der Waals surface area contributed by atoms with Gasteiger partial charge < -0.3 is 10.8 Å². The number of rotatable bonds is 3. The average molecular weight is 270 g/mol. The summed E-state index contributed by atoms with van der Waals surface area (Å²) in [5.41, 5.74) is 5.68. The van der Waals surface area contributed by atoms with Gasteiger partial charge in [0.1, 0.15) is 0 Å². The zero-order valence-corrected chi connectivity index (χ0v) is 9.75. The van der Waals surface area contributed by atoms with Crippen molar-refractivity contribution >= 4 is 22.4 Å². The Morgan fingerprint density at radius 3 is 2.44 bits per heavy atom. The summed E-state index contributed by atoms with van der Waals surface area (Å²) in [6.07, 6.45) is -2.55. The Labute approximate surface area is 105 Å². The first-order chi connectivity index (χ1) is 8.49. The molecule has 0 saturated heterocycles. The second-order valence-corrected chi connectivity index (χ2v) is 4.49. The number of nitrogens with zero attached hydrogens (tertiary/aromatic N) is 1. The van der Waals surface area contributed by atoms with E-state index < -0.39 is 12.4 Å². The number of hydrogen-bond acceptors (Lipinski definition) is 4. The largest absolute Gasteiger partial charge is 0.476 e. The van der Waals surface area contributed by atoms with E-state index in [1.807, 2.05) is 0 Å². The van der Waals surface area contributed by atoms with E-state index in [0.717, 1.165) is 11.3 Å². The predicted octanol–water partition coefficient (Wildman–Crippen LogP) is 3.03. The van der Waals surface area contributed by atoms with Crippen molar-refractivity contribution in [3.63, 3.8) is 0 Å². The fourth-order valence-electron chi connectivity index (χ4n) is 1.46. The number of thiazole rings is 1. The molecule has 3 N–H and O–H groups in total. The molecule has 1 heterocycles. The van der Waals surface area contributed by atoms with Gasteiger partial charge in [0.15, 0.2) is 10.8 Å². The summed E-state index contributed by atoms with van der Waals surface area (Å²) in [5, 5.41) is 9.08. The first-order valence-corrected chi connectivity index (χ1v) is 5.68. The Morgan fingerprint density at radius 2 is 1.94 bits per heavy atom. The lowest BCUT2D eigenvalue weighted by atomic mass is 10.1. The lowest BCUT2D eigenvalue weighted by Gasteiger charge is -2.02. The normalized spacial score (nSPS) is 10.8. The molecule has 0 aliphatic rings. The molecule has 0 spiro atoms. The van der Waals surface area contributed by atoms with Crippen LogP contribution >= 0.6 is 11.3 Å². The molecule has 0 saturated carbocycles. The van der Waals surface area contributed by atoms with Crippen LogP contribution in [-0.4, -0.2) is 16.1 Å².